The van der Waals surface area contributed by atoms with Crippen molar-refractivity contribution >= 4 is 12.1 Å². The number of aromatic nitrogens is 3. The van der Waals surface area contributed by atoms with Crippen LogP contribution in [0.2, 0.25) is 0 Å². The maximum absolute atomic E-state index is 13.2. The molecule has 1 aromatic carbocycles. The number of carbonyl (C=O) groups is 1. The Morgan fingerprint density at radius 3 is 2.68 bits per heavy atom. The number of benzene rings is 1. The fraction of sp³-hybridized carbons (Fsp3) is 0.333. The fourth-order valence-corrected chi connectivity index (χ4v) is 3.29. The zero-order chi connectivity index (χ0) is 17.8. The van der Waals surface area contributed by atoms with E-state index in [1.807, 2.05) is 23.1 Å². The van der Waals surface area contributed by atoms with Gasteiger partial charge in [-0.2, -0.15) is 15.0 Å². The molecule has 7 heteroatoms. The van der Waals surface area contributed by atoms with Crippen LogP contribution in [0.4, 0.5) is 0 Å². The fourth-order valence-electron chi connectivity index (χ4n) is 3.29. The number of amides is 1. The van der Waals surface area contributed by atoms with Gasteiger partial charge < -0.3 is 16.0 Å². The molecule has 0 saturated carbocycles. The predicted octanol–water partition coefficient (Wildman–Crippen LogP) is 2.00. The van der Waals surface area contributed by atoms with Crippen molar-refractivity contribution in [1.82, 2.24) is 19.9 Å². The summed E-state index contributed by atoms with van der Waals surface area (Å²) in [6, 6.07) is 7.47. The molecule has 0 radical (unpaired) electrons. The number of likely N-dealkylation sites (tertiary alicyclic amines) is 1. The lowest BCUT2D eigenvalue weighted by Crippen LogP contribution is -2.46. The van der Waals surface area contributed by atoms with E-state index >= 15 is 0 Å². The van der Waals surface area contributed by atoms with Crippen LogP contribution in [0.15, 0.2) is 48.4 Å². The molecule has 2 heterocycles. The molecule has 1 saturated heterocycles. The number of nitrogens with two attached hydrogens (primary N) is 1. The normalized spacial score (nSPS) is 21.2. The molecule has 1 amide bonds. The van der Waals surface area contributed by atoms with Crippen LogP contribution in [0.3, 0.4) is 0 Å². The predicted molar refractivity (Wildman–Crippen MR) is 95.6 cm³/mol. The molecule has 0 bridgehead atoms. The second-order valence-corrected chi connectivity index (χ2v) is 6.23. The Hall–Kier alpha value is -2.96. The Bertz CT molecular complexity index is 783. The van der Waals surface area contributed by atoms with Crippen LogP contribution in [-0.4, -0.2) is 44.6 Å². The molecule has 25 heavy (non-hydrogen) atoms. The zero-order valence-corrected chi connectivity index (χ0v) is 14.2. The van der Waals surface area contributed by atoms with E-state index in [0.717, 1.165) is 18.4 Å². The van der Waals surface area contributed by atoms with E-state index in [1.165, 1.54) is 17.2 Å². The lowest BCUT2D eigenvalue weighted by molar-refractivity contribution is 0.0589. The third-order valence-electron chi connectivity index (χ3n) is 4.74. The van der Waals surface area contributed by atoms with Gasteiger partial charge in [0, 0.05) is 24.7 Å². The van der Waals surface area contributed by atoms with Gasteiger partial charge in [0.15, 0.2) is 0 Å². The molecule has 0 aliphatic carbocycles. The highest BCUT2D eigenvalue weighted by Gasteiger charge is 2.32. The number of nitrogens with one attached hydrogen (secondary N) is 1. The standard InChI is InChI=1S/C18H22N6O/c1-13-6-7-14(15(10-19)11-20)12-23(13)18(25)16-4-2-3-5-17(16)24-21-8-9-22-24/h2-5,8-11,13-14,19H,6-7,12,20H2,1H3/b15-11+,19-10?. The lowest BCUT2D eigenvalue weighted by Gasteiger charge is -2.38. The minimum Gasteiger partial charge on any atom is -0.404 e. The number of hydrogen-bond acceptors (Lipinski definition) is 5. The molecule has 1 fully saturated rings. The first-order valence-electron chi connectivity index (χ1n) is 8.34. The number of nitrogens with zero attached hydrogens (tertiary/aromatic N) is 4. The average molecular weight is 338 g/mol. The topological polar surface area (TPSA) is 101 Å². The molecule has 2 atom stereocenters. The van der Waals surface area contributed by atoms with E-state index in [4.69, 9.17) is 11.1 Å². The molecule has 0 spiro atoms. The number of hydrogen-bond donors (Lipinski definition) is 2. The second-order valence-electron chi connectivity index (χ2n) is 6.23. The summed E-state index contributed by atoms with van der Waals surface area (Å²) in [6.07, 6.45) is 7.73. The maximum Gasteiger partial charge on any atom is 0.256 e. The first-order chi connectivity index (χ1) is 12.2. The third-order valence-corrected chi connectivity index (χ3v) is 4.74. The van der Waals surface area contributed by atoms with Crippen molar-refractivity contribution in [2.45, 2.75) is 25.8 Å². The first-order valence-corrected chi connectivity index (χ1v) is 8.34. The van der Waals surface area contributed by atoms with Crippen molar-refractivity contribution in [3.05, 3.63) is 54.0 Å². The summed E-state index contributed by atoms with van der Waals surface area (Å²) in [6.45, 7) is 2.61. The summed E-state index contributed by atoms with van der Waals surface area (Å²) in [5.74, 6) is 0.0455. The molecule has 2 unspecified atom stereocenters. The molecular formula is C18H22N6O. The van der Waals surface area contributed by atoms with Gasteiger partial charge in [-0.15, -0.1) is 0 Å². The molecule has 2 aromatic rings. The SMILES string of the molecule is CC1CCC(/C(C=N)=C/N)CN1C(=O)c1ccccc1-n1nccn1. The third kappa shape index (κ3) is 3.31. The smallest absolute Gasteiger partial charge is 0.256 e. The van der Waals surface area contributed by atoms with Crippen LogP contribution >= 0.6 is 0 Å². The van der Waals surface area contributed by atoms with Gasteiger partial charge in [0.1, 0.15) is 0 Å². The van der Waals surface area contributed by atoms with Gasteiger partial charge in [0.05, 0.1) is 23.6 Å². The minimum atomic E-state index is -0.0496. The minimum absolute atomic E-state index is 0.0496. The van der Waals surface area contributed by atoms with E-state index in [-0.39, 0.29) is 17.9 Å². The number of piperidine rings is 1. The van der Waals surface area contributed by atoms with Crippen LogP contribution in [0.5, 0.6) is 0 Å². The number of carbonyl (C=O) groups excluding carboxylic acids is 1. The Kier molecular flexibility index (Phi) is 4.92. The average Bonchev–Trinajstić information content (AvgIpc) is 3.18. The van der Waals surface area contributed by atoms with Crippen molar-refractivity contribution in [3.63, 3.8) is 0 Å². The van der Waals surface area contributed by atoms with Crippen molar-refractivity contribution in [2.75, 3.05) is 6.54 Å². The molecule has 7 nitrogen and oxygen atoms in total. The largest absolute Gasteiger partial charge is 0.404 e. The van der Waals surface area contributed by atoms with Crippen molar-refractivity contribution < 1.29 is 4.79 Å². The van der Waals surface area contributed by atoms with E-state index in [9.17, 15) is 4.79 Å². The Balaban J connectivity index is 1.91. The van der Waals surface area contributed by atoms with Crippen molar-refractivity contribution in [1.29, 1.82) is 5.41 Å². The van der Waals surface area contributed by atoms with Crippen LogP contribution in [0.25, 0.3) is 5.69 Å². The maximum atomic E-state index is 13.2. The van der Waals surface area contributed by atoms with Gasteiger partial charge in [0.2, 0.25) is 0 Å². The highest BCUT2D eigenvalue weighted by atomic mass is 16.2. The highest BCUT2D eigenvalue weighted by molar-refractivity contribution is 5.98. The van der Waals surface area contributed by atoms with Gasteiger partial charge in [0.25, 0.3) is 5.91 Å². The van der Waals surface area contributed by atoms with Crippen LogP contribution in [-0.2, 0) is 0 Å². The van der Waals surface area contributed by atoms with E-state index < -0.39 is 0 Å². The molecule has 3 rings (SSSR count). The van der Waals surface area contributed by atoms with Gasteiger partial charge in [-0.05, 0) is 43.7 Å². The van der Waals surface area contributed by atoms with E-state index in [1.54, 1.807) is 18.5 Å². The van der Waals surface area contributed by atoms with Crippen molar-refractivity contribution in [3.8, 4) is 5.69 Å². The van der Waals surface area contributed by atoms with Gasteiger partial charge >= 0.3 is 0 Å². The first kappa shape index (κ1) is 16.9. The summed E-state index contributed by atoms with van der Waals surface area (Å²) in [5, 5.41) is 15.8. The van der Waals surface area contributed by atoms with E-state index in [0.29, 0.717) is 17.8 Å². The zero-order valence-electron chi connectivity index (χ0n) is 14.2. The van der Waals surface area contributed by atoms with Crippen LogP contribution < -0.4 is 5.73 Å². The van der Waals surface area contributed by atoms with Gasteiger partial charge in [-0.3, -0.25) is 4.79 Å². The quantitative estimate of drug-likeness (QED) is 0.833. The summed E-state index contributed by atoms with van der Waals surface area (Å²) >= 11 is 0. The molecule has 1 aliphatic heterocycles. The Labute approximate surface area is 146 Å². The molecule has 1 aromatic heterocycles. The van der Waals surface area contributed by atoms with Gasteiger partial charge in [-0.25, -0.2) is 0 Å². The molecule has 1 aliphatic rings. The van der Waals surface area contributed by atoms with Crippen LogP contribution in [0.1, 0.15) is 30.1 Å². The summed E-state index contributed by atoms with van der Waals surface area (Å²) < 4.78 is 0. The lowest BCUT2D eigenvalue weighted by atomic mass is 9.87. The summed E-state index contributed by atoms with van der Waals surface area (Å²) in [5.41, 5.74) is 7.63. The van der Waals surface area contributed by atoms with Crippen LogP contribution in [0, 0.1) is 11.3 Å². The summed E-state index contributed by atoms with van der Waals surface area (Å²) in [7, 11) is 0. The number of para-hydroxylation sites is 1. The molecular weight excluding hydrogens is 316 g/mol. The molecule has 130 valence electrons. The molecule has 3 N–H and O–H groups in total. The van der Waals surface area contributed by atoms with Crippen molar-refractivity contribution in [2.24, 2.45) is 11.7 Å². The monoisotopic (exact) mass is 338 g/mol. The highest BCUT2D eigenvalue weighted by Crippen LogP contribution is 2.28. The van der Waals surface area contributed by atoms with E-state index in [2.05, 4.69) is 17.1 Å². The Morgan fingerprint density at radius 1 is 1.28 bits per heavy atom. The second kappa shape index (κ2) is 7.29. The Morgan fingerprint density at radius 2 is 2.00 bits per heavy atom. The number of rotatable bonds is 4. The summed E-state index contributed by atoms with van der Waals surface area (Å²) in [4.78, 5) is 16.5. The van der Waals surface area contributed by atoms with Gasteiger partial charge in [-0.1, -0.05) is 12.1 Å².